The van der Waals surface area contributed by atoms with Crippen molar-refractivity contribution in [3.05, 3.63) is 35.4 Å². The van der Waals surface area contributed by atoms with Crippen LogP contribution >= 0.6 is 0 Å². The molecule has 2 N–H and O–H groups in total. The summed E-state index contributed by atoms with van der Waals surface area (Å²) in [7, 11) is 0. The molecule has 2 rings (SSSR count). The lowest BCUT2D eigenvalue weighted by Crippen LogP contribution is -2.03. The number of hydrogen-bond acceptors (Lipinski definition) is 6. The van der Waals surface area contributed by atoms with Gasteiger partial charge in [-0.1, -0.05) is 12.1 Å². The largest absolute Gasteiger partial charge is 0.502 e. The third-order valence-corrected chi connectivity index (χ3v) is 3.91. The Hall–Kier alpha value is -2.76. The van der Waals surface area contributed by atoms with Crippen molar-refractivity contribution in [1.29, 1.82) is 0 Å². The maximum atomic E-state index is 10.5. The van der Waals surface area contributed by atoms with E-state index in [1.807, 2.05) is 39.8 Å². The van der Waals surface area contributed by atoms with Gasteiger partial charge in [-0.15, -0.1) is 0 Å². The summed E-state index contributed by atoms with van der Waals surface area (Å²) in [5, 5.41) is 21.0. The van der Waals surface area contributed by atoms with Crippen molar-refractivity contribution in [3.63, 3.8) is 0 Å². The highest BCUT2D eigenvalue weighted by Gasteiger charge is 2.20. The number of phenolic OH excluding ortho intramolecular Hbond substituents is 2. The second-order valence-electron chi connectivity index (χ2n) is 5.71. The van der Waals surface area contributed by atoms with Crippen LogP contribution in [0.25, 0.3) is 0 Å². The first-order chi connectivity index (χ1) is 13.1. The van der Waals surface area contributed by atoms with Crippen molar-refractivity contribution in [2.24, 2.45) is 0 Å². The summed E-state index contributed by atoms with van der Waals surface area (Å²) in [5.41, 5.74) is 1.53. The predicted octanol–water partition coefficient (Wildman–Crippen LogP) is 4.28. The van der Waals surface area contributed by atoms with Crippen LogP contribution < -0.4 is 18.9 Å². The quantitative estimate of drug-likeness (QED) is 0.644. The summed E-state index contributed by atoms with van der Waals surface area (Å²) in [6.07, 6.45) is 0.407. The highest BCUT2D eigenvalue weighted by atomic mass is 16.5. The van der Waals surface area contributed by atoms with Crippen LogP contribution in [0.2, 0.25) is 0 Å². The van der Waals surface area contributed by atoms with E-state index in [9.17, 15) is 10.2 Å². The lowest BCUT2D eigenvalue weighted by Gasteiger charge is -2.18. The molecule has 148 valence electrons. The first-order valence-electron chi connectivity index (χ1n) is 9.28. The van der Waals surface area contributed by atoms with E-state index in [0.29, 0.717) is 55.8 Å². The molecule has 0 bridgehead atoms. The summed E-state index contributed by atoms with van der Waals surface area (Å²) < 4.78 is 22.2. The molecule has 0 aliphatic rings. The second kappa shape index (κ2) is 9.80. The Kier molecular flexibility index (Phi) is 7.46. The van der Waals surface area contributed by atoms with Gasteiger partial charge in [0.05, 0.1) is 26.4 Å². The molecule has 0 spiro atoms. The minimum atomic E-state index is -0.0238. The minimum Gasteiger partial charge on any atom is -0.502 e. The first kappa shape index (κ1) is 20.6. The van der Waals surface area contributed by atoms with Gasteiger partial charge < -0.3 is 29.2 Å². The van der Waals surface area contributed by atoms with Crippen LogP contribution in [0.15, 0.2) is 24.3 Å². The van der Waals surface area contributed by atoms with E-state index in [0.717, 1.165) is 11.1 Å². The Morgan fingerprint density at radius 3 is 1.30 bits per heavy atom. The van der Waals surface area contributed by atoms with Gasteiger partial charge in [0.25, 0.3) is 0 Å². The number of benzene rings is 2. The lowest BCUT2D eigenvalue weighted by molar-refractivity contribution is 0.285. The number of rotatable bonds is 10. The molecule has 0 aliphatic heterocycles. The van der Waals surface area contributed by atoms with Crippen LogP contribution in [0, 0.1) is 0 Å². The SMILES string of the molecule is CCOc1ccc(Cc2ccc(OCC)c(O)c2OCC)c(OCC)c1O. The smallest absolute Gasteiger partial charge is 0.201 e. The fourth-order valence-electron chi connectivity index (χ4n) is 2.83. The summed E-state index contributed by atoms with van der Waals surface area (Å²) >= 11 is 0. The molecule has 2 aromatic rings. The summed E-state index contributed by atoms with van der Waals surface area (Å²) in [5.74, 6) is 1.46. The summed E-state index contributed by atoms with van der Waals surface area (Å²) in [6, 6.07) is 7.12. The van der Waals surface area contributed by atoms with Gasteiger partial charge in [-0.25, -0.2) is 0 Å². The molecule has 2 aromatic carbocycles. The van der Waals surface area contributed by atoms with Gasteiger partial charge in [-0.3, -0.25) is 0 Å². The van der Waals surface area contributed by atoms with E-state index >= 15 is 0 Å². The van der Waals surface area contributed by atoms with Gasteiger partial charge in [0, 0.05) is 17.5 Å². The van der Waals surface area contributed by atoms with E-state index < -0.39 is 0 Å². The van der Waals surface area contributed by atoms with E-state index in [2.05, 4.69) is 0 Å². The van der Waals surface area contributed by atoms with Crippen LogP contribution in [0.3, 0.4) is 0 Å². The molecule has 0 heterocycles. The van der Waals surface area contributed by atoms with Gasteiger partial charge in [0.2, 0.25) is 11.5 Å². The highest BCUT2D eigenvalue weighted by molar-refractivity contribution is 5.59. The van der Waals surface area contributed by atoms with Crippen molar-refractivity contribution >= 4 is 0 Å². The second-order valence-corrected chi connectivity index (χ2v) is 5.71. The van der Waals surface area contributed by atoms with Crippen molar-refractivity contribution in [1.82, 2.24) is 0 Å². The number of phenols is 2. The highest BCUT2D eigenvalue weighted by Crippen LogP contribution is 2.44. The van der Waals surface area contributed by atoms with Crippen molar-refractivity contribution in [3.8, 4) is 34.5 Å². The van der Waals surface area contributed by atoms with Crippen molar-refractivity contribution in [2.45, 2.75) is 34.1 Å². The van der Waals surface area contributed by atoms with Crippen molar-refractivity contribution in [2.75, 3.05) is 26.4 Å². The number of aromatic hydroxyl groups is 2. The summed E-state index contributed by atoms with van der Waals surface area (Å²) in [6.45, 7) is 9.11. The third kappa shape index (κ3) is 4.70. The predicted molar refractivity (Wildman–Crippen MR) is 104 cm³/mol. The average Bonchev–Trinajstić information content (AvgIpc) is 2.65. The molecular weight excluding hydrogens is 348 g/mol. The molecule has 0 radical (unpaired) electrons. The van der Waals surface area contributed by atoms with E-state index in [-0.39, 0.29) is 11.5 Å². The minimum absolute atomic E-state index is 0.0238. The Morgan fingerprint density at radius 2 is 0.963 bits per heavy atom. The standard InChI is InChI=1S/C21H28O6/c1-5-24-16-11-9-14(20(18(16)22)26-7-3)13-15-10-12-17(25-6-2)19(23)21(15)27-8-4/h9-12,22-23H,5-8,13H2,1-4H3. The summed E-state index contributed by atoms with van der Waals surface area (Å²) in [4.78, 5) is 0. The molecule has 0 amide bonds. The average molecular weight is 376 g/mol. The first-order valence-corrected chi connectivity index (χ1v) is 9.28. The van der Waals surface area contributed by atoms with Crippen LogP contribution in [0.5, 0.6) is 34.5 Å². The van der Waals surface area contributed by atoms with E-state index in [4.69, 9.17) is 18.9 Å². The molecule has 0 fully saturated rings. The molecule has 27 heavy (non-hydrogen) atoms. The van der Waals surface area contributed by atoms with Crippen LogP contribution in [-0.2, 0) is 6.42 Å². The third-order valence-electron chi connectivity index (χ3n) is 3.91. The van der Waals surface area contributed by atoms with Crippen LogP contribution in [-0.4, -0.2) is 36.6 Å². The Labute approximate surface area is 160 Å². The number of ether oxygens (including phenoxy) is 4. The maximum Gasteiger partial charge on any atom is 0.201 e. The molecular formula is C21H28O6. The number of hydrogen-bond donors (Lipinski definition) is 2. The van der Waals surface area contributed by atoms with Crippen LogP contribution in [0.1, 0.15) is 38.8 Å². The molecule has 0 unspecified atom stereocenters. The molecule has 0 atom stereocenters. The molecule has 6 heteroatoms. The maximum absolute atomic E-state index is 10.5. The Bertz CT molecular complexity index is 693. The zero-order valence-corrected chi connectivity index (χ0v) is 16.4. The Balaban J connectivity index is 2.46. The van der Waals surface area contributed by atoms with Gasteiger partial charge in [0.1, 0.15) is 0 Å². The van der Waals surface area contributed by atoms with E-state index in [1.54, 1.807) is 12.1 Å². The lowest BCUT2D eigenvalue weighted by atomic mass is 10.0. The fourth-order valence-corrected chi connectivity index (χ4v) is 2.83. The fraction of sp³-hybridized carbons (Fsp3) is 0.429. The topological polar surface area (TPSA) is 77.4 Å². The van der Waals surface area contributed by atoms with Gasteiger partial charge in [-0.05, 0) is 39.8 Å². The van der Waals surface area contributed by atoms with Gasteiger partial charge >= 0.3 is 0 Å². The van der Waals surface area contributed by atoms with E-state index in [1.165, 1.54) is 0 Å². The molecule has 6 nitrogen and oxygen atoms in total. The molecule has 0 aliphatic carbocycles. The molecule has 0 saturated heterocycles. The normalized spacial score (nSPS) is 10.5. The zero-order chi connectivity index (χ0) is 19.8. The molecule has 0 saturated carbocycles. The van der Waals surface area contributed by atoms with Crippen molar-refractivity contribution < 1.29 is 29.2 Å². The monoisotopic (exact) mass is 376 g/mol. The Morgan fingerprint density at radius 1 is 0.593 bits per heavy atom. The van der Waals surface area contributed by atoms with Crippen LogP contribution in [0.4, 0.5) is 0 Å². The molecule has 0 aromatic heterocycles. The van der Waals surface area contributed by atoms with Gasteiger partial charge in [0.15, 0.2) is 23.0 Å². The zero-order valence-electron chi connectivity index (χ0n) is 16.4. The van der Waals surface area contributed by atoms with Gasteiger partial charge in [-0.2, -0.15) is 0 Å².